The van der Waals surface area contributed by atoms with Gasteiger partial charge in [0.05, 0.1) is 0 Å². The van der Waals surface area contributed by atoms with Gasteiger partial charge >= 0.3 is 0 Å². The van der Waals surface area contributed by atoms with Crippen LogP contribution in [0.1, 0.15) is 0 Å². The average molecular weight is 175 g/mol. The van der Waals surface area contributed by atoms with Gasteiger partial charge < -0.3 is 0 Å². The molecule has 1 N–H and O–H groups in total. The summed E-state index contributed by atoms with van der Waals surface area (Å²) in [6.07, 6.45) is 5.54. The van der Waals surface area contributed by atoms with Crippen molar-refractivity contribution in [2.45, 2.75) is 0 Å². The second kappa shape index (κ2) is 3.48. The molecule has 2 rings (SSSR count). The lowest BCUT2D eigenvalue weighted by Crippen LogP contribution is -2.00. The van der Waals surface area contributed by atoms with E-state index in [9.17, 15) is 0 Å². The van der Waals surface area contributed by atoms with Crippen LogP contribution in [0.4, 0.5) is 11.9 Å². The van der Waals surface area contributed by atoms with Crippen molar-refractivity contribution in [1.82, 2.24) is 29.9 Å². The van der Waals surface area contributed by atoms with Gasteiger partial charge in [0, 0.05) is 0 Å². The Hall–Kier alpha value is -2.18. The number of anilines is 2. The predicted molar refractivity (Wildman–Crippen MR) is 42.9 cm³/mol. The molecular weight excluding hydrogens is 170 g/mol. The molecule has 13 heavy (non-hydrogen) atoms. The number of hydrogen-bond donors (Lipinski definition) is 1. The fourth-order valence-corrected chi connectivity index (χ4v) is 0.707. The Morgan fingerprint density at radius 2 is 1.08 bits per heavy atom. The monoisotopic (exact) mass is 175 g/mol. The summed E-state index contributed by atoms with van der Waals surface area (Å²) in [5.74, 6) is 0.808. The van der Waals surface area contributed by atoms with Gasteiger partial charge in [0.1, 0.15) is 25.3 Å². The van der Waals surface area contributed by atoms with E-state index in [1.165, 1.54) is 25.3 Å². The van der Waals surface area contributed by atoms with Crippen molar-refractivity contribution in [3.8, 4) is 0 Å². The molecule has 0 saturated heterocycles. The Morgan fingerprint density at radius 3 is 1.46 bits per heavy atom. The van der Waals surface area contributed by atoms with Gasteiger partial charge in [0.15, 0.2) is 0 Å². The lowest BCUT2D eigenvalue weighted by Gasteiger charge is -1.98. The van der Waals surface area contributed by atoms with Crippen molar-refractivity contribution in [3.63, 3.8) is 0 Å². The normalized spacial score (nSPS) is 9.54. The molecule has 7 heteroatoms. The third-order valence-electron chi connectivity index (χ3n) is 1.21. The Kier molecular flexibility index (Phi) is 2.00. The minimum absolute atomic E-state index is 0.404. The van der Waals surface area contributed by atoms with Crippen molar-refractivity contribution in [1.29, 1.82) is 0 Å². The minimum atomic E-state index is 0.404. The van der Waals surface area contributed by atoms with Crippen molar-refractivity contribution < 1.29 is 0 Å². The summed E-state index contributed by atoms with van der Waals surface area (Å²) in [5, 5.41) is 2.78. The smallest absolute Gasteiger partial charge is 0.232 e. The maximum Gasteiger partial charge on any atom is 0.232 e. The molecule has 7 nitrogen and oxygen atoms in total. The lowest BCUT2D eigenvalue weighted by molar-refractivity contribution is 1.01. The zero-order chi connectivity index (χ0) is 8.93. The Labute approximate surface area is 73.4 Å². The van der Waals surface area contributed by atoms with Gasteiger partial charge in [-0.05, 0) is 0 Å². The number of nitrogens with one attached hydrogen (secondary N) is 1. The van der Waals surface area contributed by atoms with Crippen molar-refractivity contribution in [2.75, 3.05) is 5.32 Å². The number of aromatic nitrogens is 6. The molecule has 0 saturated carbocycles. The molecule has 0 bridgehead atoms. The lowest BCUT2D eigenvalue weighted by atomic mass is 10.8. The van der Waals surface area contributed by atoms with E-state index in [4.69, 9.17) is 0 Å². The third-order valence-corrected chi connectivity index (χ3v) is 1.21. The number of rotatable bonds is 2. The van der Waals surface area contributed by atoms with Crippen LogP contribution in [0.25, 0.3) is 0 Å². The Morgan fingerprint density at radius 1 is 0.692 bits per heavy atom. The first kappa shape index (κ1) is 7.47. The summed E-state index contributed by atoms with van der Waals surface area (Å²) >= 11 is 0. The molecule has 0 aliphatic carbocycles. The van der Waals surface area contributed by atoms with E-state index in [0.29, 0.717) is 11.9 Å². The molecular formula is C6H5N7. The summed E-state index contributed by atoms with van der Waals surface area (Å²) in [7, 11) is 0. The summed E-state index contributed by atoms with van der Waals surface area (Å²) in [6, 6.07) is 0. The molecule has 0 spiro atoms. The standard InChI is InChI=1S/C6H5N7/c1-7-2-10-5(9-1)13-6-11-3-8-4-12-6/h1-4H,(H,7,8,9,10,11,12,13). The van der Waals surface area contributed by atoms with Crippen LogP contribution in [0.3, 0.4) is 0 Å². The summed E-state index contributed by atoms with van der Waals surface area (Å²) in [5.41, 5.74) is 0. The molecule has 0 unspecified atom stereocenters. The molecule has 2 aromatic heterocycles. The minimum Gasteiger partial charge on any atom is -0.292 e. The van der Waals surface area contributed by atoms with Crippen molar-refractivity contribution in [3.05, 3.63) is 25.3 Å². The first-order valence-electron chi connectivity index (χ1n) is 3.46. The van der Waals surface area contributed by atoms with Gasteiger partial charge in [-0.2, -0.15) is 0 Å². The van der Waals surface area contributed by atoms with Crippen LogP contribution in [0.15, 0.2) is 25.3 Å². The number of hydrogen-bond acceptors (Lipinski definition) is 7. The molecule has 0 fully saturated rings. The molecule has 0 radical (unpaired) electrons. The van der Waals surface area contributed by atoms with E-state index in [1.807, 2.05) is 0 Å². The van der Waals surface area contributed by atoms with Crippen LogP contribution in [0.5, 0.6) is 0 Å². The second-order valence-electron chi connectivity index (χ2n) is 2.05. The highest BCUT2D eigenvalue weighted by atomic mass is 15.2. The molecule has 2 heterocycles. The highest BCUT2D eigenvalue weighted by Crippen LogP contribution is 2.01. The maximum atomic E-state index is 3.84. The summed E-state index contributed by atoms with van der Waals surface area (Å²) in [4.78, 5) is 22.7. The number of nitrogens with zero attached hydrogens (tertiary/aromatic N) is 6. The highest BCUT2D eigenvalue weighted by Gasteiger charge is 1.96. The molecule has 0 amide bonds. The van der Waals surface area contributed by atoms with Crippen LogP contribution in [-0.4, -0.2) is 29.9 Å². The highest BCUT2D eigenvalue weighted by molar-refractivity contribution is 5.39. The molecule has 0 aliphatic heterocycles. The third kappa shape index (κ3) is 1.89. The zero-order valence-electron chi connectivity index (χ0n) is 6.49. The van der Waals surface area contributed by atoms with Gasteiger partial charge in [0.2, 0.25) is 11.9 Å². The quantitative estimate of drug-likeness (QED) is 0.675. The first-order chi connectivity index (χ1) is 6.45. The largest absolute Gasteiger partial charge is 0.292 e. The average Bonchev–Trinajstić information content (AvgIpc) is 2.21. The second-order valence-corrected chi connectivity index (χ2v) is 2.05. The van der Waals surface area contributed by atoms with Gasteiger partial charge in [-0.15, -0.1) is 0 Å². The van der Waals surface area contributed by atoms with Crippen LogP contribution in [-0.2, 0) is 0 Å². The Balaban J connectivity index is 2.16. The van der Waals surface area contributed by atoms with Crippen LogP contribution in [0, 0.1) is 0 Å². The predicted octanol–water partition coefficient (Wildman–Crippen LogP) is -0.200. The van der Waals surface area contributed by atoms with E-state index in [2.05, 4.69) is 35.2 Å². The van der Waals surface area contributed by atoms with E-state index in [-0.39, 0.29) is 0 Å². The van der Waals surface area contributed by atoms with E-state index < -0.39 is 0 Å². The van der Waals surface area contributed by atoms with Crippen LogP contribution >= 0.6 is 0 Å². The first-order valence-corrected chi connectivity index (χ1v) is 3.46. The Bertz CT molecular complexity index is 324. The zero-order valence-corrected chi connectivity index (χ0v) is 6.49. The van der Waals surface area contributed by atoms with Crippen molar-refractivity contribution in [2.24, 2.45) is 0 Å². The fourth-order valence-electron chi connectivity index (χ4n) is 0.707. The van der Waals surface area contributed by atoms with Crippen LogP contribution in [0.2, 0.25) is 0 Å². The molecule has 0 aromatic carbocycles. The van der Waals surface area contributed by atoms with E-state index in [0.717, 1.165) is 0 Å². The van der Waals surface area contributed by atoms with Crippen LogP contribution < -0.4 is 5.32 Å². The summed E-state index contributed by atoms with van der Waals surface area (Å²) < 4.78 is 0. The maximum absolute atomic E-state index is 3.84. The fraction of sp³-hybridized carbons (Fsp3) is 0. The molecule has 2 aromatic rings. The molecule has 0 aliphatic rings. The van der Waals surface area contributed by atoms with E-state index in [1.54, 1.807) is 0 Å². The van der Waals surface area contributed by atoms with Gasteiger partial charge in [-0.3, -0.25) is 5.32 Å². The van der Waals surface area contributed by atoms with Crippen molar-refractivity contribution >= 4 is 11.9 Å². The van der Waals surface area contributed by atoms with Gasteiger partial charge in [-0.1, -0.05) is 0 Å². The summed E-state index contributed by atoms with van der Waals surface area (Å²) in [6.45, 7) is 0. The van der Waals surface area contributed by atoms with Gasteiger partial charge in [-0.25, -0.2) is 29.9 Å². The molecule has 64 valence electrons. The van der Waals surface area contributed by atoms with E-state index >= 15 is 0 Å². The van der Waals surface area contributed by atoms with Gasteiger partial charge in [0.25, 0.3) is 0 Å². The molecule has 0 atom stereocenters. The SMILES string of the molecule is c1ncnc(Nc2ncncn2)n1. The topological polar surface area (TPSA) is 89.4 Å².